The van der Waals surface area contributed by atoms with Crippen LogP contribution < -0.4 is 0 Å². The highest BCUT2D eigenvalue weighted by Gasteiger charge is 2.34. The van der Waals surface area contributed by atoms with Crippen molar-refractivity contribution in [3.8, 4) is 0 Å². The van der Waals surface area contributed by atoms with Gasteiger partial charge in [-0.25, -0.2) is 0 Å². The Bertz CT molecular complexity index is 297. The summed E-state index contributed by atoms with van der Waals surface area (Å²) in [5.41, 5.74) is 0. The molecule has 2 saturated carbocycles. The van der Waals surface area contributed by atoms with E-state index in [1.165, 1.54) is 55.8 Å². The van der Waals surface area contributed by atoms with E-state index in [4.69, 9.17) is 9.47 Å². The molecule has 0 spiro atoms. The Morgan fingerprint density at radius 2 is 1.91 bits per heavy atom. The van der Waals surface area contributed by atoms with E-state index < -0.39 is 0 Å². The lowest BCUT2D eigenvalue weighted by molar-refractivity contribution is -0.159. The molecule has 0 saturated heterocycles. The van der Waals surface area contributed by atoms with Crippen LogP contribution >= 0.6 is 22.6 Å². The van der Waals surface area contributed by atoms with E-state index >= 15 is 0 Å². The van der Waals surface area contributed by atoms with Crippen molar-refractivity contribution >= 4 is 22.6 Å². The zero-order chi connectivity index (χ0) is 15.8. The van der Waals surface area contributed by atoms with E-state index in [1.807, 2.05) is 13.8 Å². The van der Waals surface area contributed by atoms with Crippen LogP contribution in [0.5, 0.6) is 0 Å². The van der Waals surface area contributed by atoms with E-state index in [0.717, 1.165) is 30.8 Å². The number of unbranched alkanes of at least 4 members (excludes halogenated alkanes) is 1. The van der Waals surface area contributed by atoms with Gasteiger partial charge in [-0.05, 0) is 63.7 Å². The van der Waals surface area contributed by atoms with Gasteiger partial charge in [0.15, 0.2) is 6.29 Å². The molecule has 3 heteroatoms. The van der Waals surface area contributed by atoms with Gasteiger partial charge in [0.1, 0.15) is 0 Å². The molecule has 0 heterocycles. The molecule has 5 unspecified atom stereocenters. The monoisotopic (exact) mass is 422 g/mol. The summed E-state index contributed by atoms with van der Waals surface area (Å²) in [5.74, 6) is 3.23. The number of fused-ring (bicyclic) bond motifs is 2. The van der Waals surface area contributed by atoms with Gasteiger partial charge in [0, 0.05) is 11.0 Å². The lowest BCUT2D eigenvalue weighted by atomic mass is 9.77. The molecule has 5 atom stereocenters. The summed E-state index contributed by atoms with van der Waals surface area (Å²) in [7, 11) is 0. The Hall–Kier alpha value is 0.650. The summed E-state index contributed by atoms with van der Waals surface area (Å²) in [5, 5.41) is 0. The van der Waals surface area contributed by atoms with Crippen molar-refractivity contribution in [2.75, 3.05) is 11.0 Å². The van der Waals surface area contributed by atoms with E-state index in [1.54, 1.807) is 6.42 Å². The maximum Gasteiger partial charge on any atom is 0.155 e. The molecule has 2 rings (SSSR count). The topological polar surface area (TPSA) is 18.5 Å². The number of rotatable bonds is 11. The van der Waals surface area contributed by atoms with Crippen molar-refractivity contribution in [2.24, 2.45) is 17.8 Å². The highest BCUT2D eigenvalue weighted by atomic mass is 127. The quantitative estimate of drug-likeness (QED) is 0.177. The third kappa shape index (κ3) is 6.27. The van der Waals surface area contributed by atoms with Crippen LogP contribution in [-0.2, 0) is 9.47 Å². The maximum atomic E-state index is 6.05. The first kappa shape index (κ1) is 19.0. The van der Waals surface area contributed by atoms with Crippen LogP contribution in [0, 0.1) is 17.8 Å². The maximum absolute atomic E-state index is 6.05. The highest BCUT2D eigenvalue weighted by molar-refractivity contribution is 14.1. The van der Waals surface area contributed by atoms with Crippen molar-refractivity contribution in [3.05, 3.63) is 0 Å². The lowest BCUT2D eigenvalue weighted by Crippen LogP contribution is -2.23. The molecule has 0 aromatic heterocycles. The predicted octanol–water partition coefficient (Wildman–Crippen LogP) is 5.97. The molecular formula is C19H35IO2. The van der Waals surface area contributed by atoms with Crippen LogP contribution in [0.15, 0.2) is 0 Å². The number of alkyl halides is 1. The summed E-state index contributed by atoms with van der Waals surface area (Å²) in [4.78, 5) is 0. The molecule has 0 radical (unpaired) electrons. The molecule has 0 aromatic carbocycles. The van der Waals surface area contributed by atoms with Crippen LogP contribution in [0.1, 0.15) is 78.1 Å². The molecule has 0 aliphatic heterocycles. The van der Waals surface area contributed by atoms with Crippen molar-refractivity contribution in [2.45, 2.75) is 90.4 Å². The SMILES string of the molecule is CCOC(C)OC(CCI)CCCCC1CCC2CCC1C2. The molecule has 2 bridgehead atoms. The lowest BCUT2D eigenvalue weighted by Gasteiger charge is -2.29. The molecule has 0 amide bonds. The van der Waals surface area contributed by atoms with Crippen LogP contribution in [0.4, 0.5) is 0 Å². The van der Waals surface area contributed by atoms with E-state index in [2.05, 4.69) is 22.6 Å². The minimum Gasteiger partial charge on any atom is -0.353 e. The molecular weight excluding hydrogens is 387 g/mol. The third-order valence-electron chi connectivity index (χ3n) is 5.76. The first-order chi connectivity index (χ1) is 10.7. The Morgan fingerprint density at radius 1 is 1.09 bits per heavy atom. The first-order valence-electron chi connectivity index (χ1n) is 9.56. The Labute approximate surface area is 151 Å². The fraction of sp³-hybridized carbons (Fsp3) is 1.00. The summed E-state index contributed by atoms with van der Waals surface area (Å²) in [6, 6.07) is 0. The molecule has 2 aliphatic carbocycles. The van der Waals surface area contributed by atoms with Gasteiger partial charge in [-0.1, -0.05) is 54.7 Å². The molecule has 2 fully saturated rings. The summed E-state index contributed by atoms with van der Waals surface area (Å²) in [6.07, 6.45) is 14.6. The van der Waals surface area contributed by atoms with Crippen LogP contribution in [0.2, 0.25) is 0 Å². The number of hydrogen-bond acceptors (Lipinski definition) is 2. The highest BCUT2D eigenvalue weighted by Crippen LogP contribution is 2.46. The van der Waals surface area contributed by atoms with Gasteiger partial charge in [0.05, 0.1) is 6.10 Å². The van der Waals surface area contributed by atoms with Gasteiger partial charge in [-0.15, -0.1) is 0 Å². The van der Waals surface area contributed by atoms with Gasteiger partial charge in [0.25, 0.3) is 0 Å². The molecule has 2 aliphatic rings. The van der Waals surface area contributed by atoms with Crippen molar-refractivity contribution in [3.63, 3.8) is 0 Å². The van der Waals surface area contributed by atoms with E-state index in [9.17, 15) is 0 Å². The van der Waals surface area contributed by atoms with Crippen LogP contribution in [0.25, 0.3) is 0 Å². The number of hydrogen-bond donors (Lipinski definition) is 0. The Kier molecular flexibility index (Phi) is 9.06. The first-order valence-corrected chi connectivity index (χ1v) is 11.1. The smallest absolute Gasteiger partial charge is 0.155 e. The van der Waals surface area contributed by atoms with Gasteiger partial charge in [0.2, 0.25) is 0 Å². The largest absolute Gasteiger partial charge is 0.353 e. The molecule has 130 valence electrons. The zero-order valence-corrected chi connectivity index (χ0v) is 16.7. The average molecular weight is 422 g/mol. The molecule has 0 N–H and O–H groups in total. The summed E-state index contributed by atoms with van der Waals surface area (Å²) in [6.45, 7) is 4.80. The number of halogens is 1. The minimum absolute atomic E-state index is 0.0493. The van der Waals surface area contributed by atoms with E-state index in [0.29, 0.717) is 6.10 Å². The van der Waals surface area contributed by atoms with Crippen molar-refractivity contribution in [1.82, 2.24) is 0 Å². The average Bonchev–Trinajstić information content (AvgIpc) is 2.88. The number of ether oxygens (including phenoxy) is 2. The normalized spacial score (nSPS) is 30.4. The van der Waals surface area contributed by atoms with Gasteiger partial charge in [-0.2, -0.15) is 0 Å². The second kappa shape index (κ2) is 10.5. The standard InChI is InChI=1S/C19H35IO2/c1-3-21-15(2)22-19(12-13-20)7-5-4-6-17-10-8-16-9-11-18(17)14-16/h15-19H,3-14H2,1-2H3. The zero-order valence-electron chi connectivity index (χ0n) is 14.6. The van der Waals surface area contributed by atoms with Crippen molar-refractivity contribution < 1.29 is 9.47 Å². The predicted molar refractivity (Wildman–Crippen MR) is 101 cm³/mol. The van der Waals surface area contributed by atoms with Crippen LogP contribution in [0.3, 0.4) is 0 Å². The van der Waals surface area contributed by atoms with Gasteiger partial charge < -0.3 is 9.47 Å². The summed E-state index contributed by atoms with van der Waals surface area (Å²) >= 11 is 2.46. The summed E-state index contributed by atoms with van der Waals surface area (Å²) < 4.78 is 12.7. The second-order valence-electron chi connectivity index (χ2n) is 7.32. The third-order valence-corrected chi connectivity index (χ3v) is 6.38. The van der Waals surface area contributed by atoms with Crippen LogP contribution in [-0.4, -0.2) is 23.4 Å². The molecule has 22 heavy (non-hydrogen) atoms. The van der Waals surface area contributed by atoms with Gasteiger partial charge in [-0.3, -0.25) is 0 Å². The Balaban J connectivity index is 1.60. The van der Waals surface area contributed by atoms with Crippen molar-refractivity contribution in [1.29, 1.82) is 0 Å². The fourth-order valence-corrected chi connectivity index (χ4v) is 5.29. The van der Waals surface area contributed by atoms with Gasteiger partial charge >= 0.3 is 0 Å². The minimum atomic E-state index is -0.0493. The molecule has 2 nitrogen and oxygen atoms in total. The fourth-order valence-electron chi connectivity index (χ4n) is 4.60. The molecule has 0 aromatic rings. The Morgan fingerprint density at radius 3 is 2.68 bits per heavy atom. The second-order valence-corrected chi connectivity index (χ2v) is 8.40. The van der Waals surface area contributed by atoms with E-state index in [-0.39, 0.29) is 6.29 Å².